The molecule has 1 aromatic rings. The van der Waals surface area contributed by atoms with Crippen molar-refractivity contribution in [2.45, 2.75) is 20.3 Å². The minimum atomic E-state index is -0.460. The largest absolute Gasteiger partial charge is 0.466 e. The van der Waals surface area contributed by atoms with E-state index in [2.05, 4.69) is 0 Å². The first-order valence-corrected chi connectivity index (χ1v) is 7.31. The van der Waals surface area contributed by atoms with Gasteiger partial charge in [0.15, 0.2) is 0 Å². The van der Waals surface area contributed by atoms with E-state index in [1.54, 1.807) is 38.1 Å². The van der Waals surface area contributed by atoms with Gasteiger partial charge in [-0.1, -0.05) is 6.07 Å². The van der Waals surface area contributed by atoms with Crippen LogP contribution in [0.2, 0.25) is 0 Å². The van der Waals surface area contributed by atoms with Gasteiger partial charge in [-0.05, 0) is 32.0 Å². The van der Waals surface area contributed by atoms with Crippen LogP contribution in [0.3, 0.4) is 0 Å². The molecule has 6 heteroatoms. The van der Waals surface area contributed by atoms with E-state index in [-0.39, 0.29) is 31.4 Å². The quantitative estimate of drug-likeness (QED) is 0.775. The first-order valence-electron chi connectivity index (χ1n) is 7.31. The summed E-state index contributed by atoms with van der Waals surface area (Å²) in [5.74, 6) is -1.41. The van der Waals surface area contributed by atoms with Crippen molar-refractivity contribution in [2.24, 2.45) is 5.92 Å². The fraction of sp³-hybridized carbons (Fsp3) is 0.438. The molecule has 1 amide bonds. The Labute approximate surface area is 129 Å². The summed E-state index contributed by atoms with van der Waals surface area (Å²) in [7, 11) is 0. The summed E-state index contributed by atoms with van der Waals surface area (Å²) in [6, 6.07) is 6.65. The maximum atomic E-state index is 12.1. The molecule has 0 unspecified atom stereocenters. The number of rotatable bonds is 5. The SMILES string of the molecule is CCOC(=O)c1cccc(N2C[C@@H](C(=O)OCC)CC2=O)c1. The number of carbonyl (C=O) groups is 3. The second-order valence-electron chi connectivity index (χ2n) is 4.93. The van der Waals surface area contributed by atoms with Crippen LogP contribution in [0, 0.1) is 5.92 Å². The standard InChI is InChI=1S/C16H19NO5/c1-3-21-15(19)11-6-5-7-13(8-11)17-10-12(9-14(17)18)16(20)22-4-2/h5-8,12H,3-4,9-10H2,1-2H3/t12-/m0/s1. The number of amides is 1. The lowest BCUT2D eigenvalue weighted by atomic mass is 10.1. The average Bonchev–Trinajstić information content (AvgIpc) is 2.90. The van der Waals surface area contributed by atoms with Gasteiger partial charge >= 0.3 is 11.9 Å². The summed E-state index contributed by atoms with van der Waals surface area (Å²) >= 11 is 0. The van der Waals surface area contributed by atoms with E-state index >= 15 is 0 Å². The van der Waals surface area contributed by atoms with Crippen molar-refractivity contribution in [1.29, 1.82) is 0 Å². The van der Waals surface area contributed by atoms with E-state index in [4.69, 9.17) is 9.47 Å². The Balaban J connectivity index is 2.15. The van der Waals surface area contributed by atoms with Gasteiger partial charge in [0.05, 0.1) is 24.7 Å². The Kier molecular flexibility index (Phi) is 5.14. The number of carbonyl (C=O) groups excluding carboxylic acids is 3. The van der Waals surface area contributed by atoms with Gasteiger partial charge in [0.2, 0.25) is 5.91 Å². The Hall–Kier alpha value is -2.37. The molecule has 1 aliphatic heterocycles. The zero-order chi connectivity index (χ0) is 16.1. The number of ether oxygens (including phenoxy) is 2. The Morgan fingerprint density at radius 2 is 1.95 bits per heavy atom. The lowest BCUT2D eigenvalue weighted by Gasteiger charge is -2.17. The molecule has 1 saturated heterocycles. The van der Waals surface area contributed by atoms with E-state index in [9.17, 15) is 14.4 Å². The van der Waals surface area contributed by atoms with Gasteiger partial charge in [0, 0.05) is 18.7 Å². The molecule has 0 aromatic heterocycles. The topological polar surface area (TPSA) is 72.9 Å². The van der Waals surface area contributed by atoms with Gasteiger partial charge in [-0.3, -0.25) is 9.59 Å². The molecular formula is C16H19NO5. The van der Waals surface area contributed by atoms with Crippen LogP contribution in [0.4, 0.5) is 5.69 Å². The maximum Gasteiger partial charge on any atom is 0.338 e. The van der Waals surface area contributed by atoms with E-state index in [0.29, 0.717) is 17.9 Å². The Morgan fingerprint density at radius 1 is 1.23 bits per heavy atom. The molecule has 1 fully saturated rings. The third kappa shape index (κ3) is 3.44. The predicted octanol–water partition coefficient (Wildman–Crippen LogP) is 1.78. The fourth-order valence-corrected chi connectivity index (χ4v) is 2.39. The molecular weight excluding hydrogens is 286 g/mol. The molecule has 0 saturated carbocycles. The molecule has 118 valence electrons. The molecule has 2 rings (SSSR count). The number of hydrogen-bond donors (Lipinski definition) is 0. The summed E-state index contributed by atoms with van der Waals surface area (Å²) in [6.45, 7) is 4.31. The molecule has 0 radical (unpaired) electrons. The molecule has 1 aromatic carbocycles. The molecule has 0 N–H and O–H groups in total. The lowest BCUT2D eigenvalue weighted by Crippen LogP contribution is -2.26. The summed E-state index contributed by atoms with van der Waals surface area (Å²) in [6.07, 6.45) is 0.127. The maximum absolute atomic E-state index is 12.1. The smallest absolute Gasteiger partial charge is 0.338 e. The number of esters is 2. The molecule has 6 nitrogen and oxygen atoms in total. The van der Waals surface area contributed by atoms with Crippen LogP contribution in [0.15, 0.2) is 24.3 Å². The van der Waals surface area contributed by atoms with E-state index in [0.717, 1.165) is 0 Å². The summed E-state index contributed by atoms with van der Waals surface area (Å²) in [5.41, 5.74) is 0.967. The average molecular weight is 305 g/mol. The fourth-order valence-electron chi connectivity index (χ4n) is 2.39. The monoisotopic (exact) mass is 305 g/mol. The molecule has 1 heterocycles. The van der Waals surface area contributed by atoms with Crippen LogP contribution in [-0.4, -0.2) is 37.6 Å². The number of hydrogen-bond acceptors (Lipinski definition) is 5. The summed E-state index contributed by atoms with van der Waals surface area (Å²) in [5, 5.41) is 0. The second kappa shape index (κ2) is 7.06. The molecule has 1 atom stereocenters. The highest BCUT2D eigenvalue weighted by molar-refractivity contribution is 6.00. The second-order valence-corrected chi connectivity index (χ2v) is 4.93. The van der Waals surface area contributed by atoms with Crippen LogP contribution in [0.25, 0.3) is 0 Å². The highest BCUT2D eigenvalue weighted by Crippen LogP contribution is 2.26. The zero-order valence-corrected chi connectivity index (χ0v) is 12.7. The summed E-state index contributed by atoms with van der Waals surface area (Å²) < 4.78 is 9.91. The predicted molar refractivity (Wildman–Crippen MR) is 79.5 cm³/mol. The first kappa shape index (κ1) is 16.0. The van der Waals surface area contributed by atoms with Crippen LogP contribution in [-0.2, 0) is 19.1 Å². The third-order valence-corrected chi connectivity index (χ3v) is 3.41. The van der Waals surface area contributed by atoms with E-state index in [1.807, 2.05) is 0 Å². The van der Waals surface area contributed by atoms with Gasteiger partial charge in [-0.15, -0.1) is 0 Å². The van der Waals surface area contributed by atoms with Crippen molar-refractivity contribution in [3.8, 4) is 0 Å². The van der Waals surface area contributed by atoms with Gasteiger partial charge in [-0.2, -0.15) is 0 Å². The van der Waals surface area contributed by atoms with Gasteiger partial charge in [0.1, 0.15) is 0 Å². The molecule has 0 bridgehead atoms. The molecule has 0 spiro atoms. The summed E-state index contributed by atoms with van der Waals surface area (Å²) in [4.78, 5) is 37.1. The number of anilines is 1. The van der Waals surface area contributed by atoms with Crippen LogP contribution in [0.1, 0.15) is 30.6 Å². The van der Waals surface area contributed by atoms with Crippen molar-refractivity contribution in [3.63, 3.8) is 0 Å². The van der Waals surface area contributed by atoms with Crippen LogP contribution < -0.4 is 4.90 Å². The third-order valence-electron chi connectivity index (χ3n) is 3.41. The highest BCUT2D eigenvalue weighted by Gasteiger charge is 2.36. The van der Waals surface area contributed by atoms with Crippen molar-refractivity contribution in [2.75, 3.05) is 24.7 Å². The number of nitrogens with zero attached hydrogens (tertiary/aromatic N) is 1. The Bertz CT molecular complexity index is 584. The van der Waals surface area contributed by atoms with E-state index < -0.39 is 11.9 Å². The molecule has 0 aliphatic carbocycles. The van der Waals surface area contributed by atoms with Crippen LogP contribution in [0.5, 0.6) is 0 Å². The highest BCUT2D eigenvalue weighted by atomic mass is 16.5. The van der Waals surface area contributed by atoms with Crippen molar-refractivity contribution < 1.29 is 23.9 Å². The minimum Gasteiger partial charge on any atom is -0.466 e. The van der Waals surface area contributed by atoms with Crippen molar-refractivity contribution >= 4 is 23.5 Å². The van der Waals surface area contributed by atoms with Crippen molar-refractivity contribution in [3.05, 3.63) is 29.8 Å². The van der Waals surface area contributed by atoms with E-state index in [1.165, 1.54) is 4.90 Å². The van der Waals surface area contributed by atoms with Crippen LogP contribution >= 0.6 is 0 Å². The lowest BCUT2D eigenvalue weighted by molar-refractivity contribution is -0.147. The van der Waals surface area contributed by atoms with Crippen molar-refractivity contribution in [1.82, 2.24) is 0 Å². The zero-order valence-electron chi connectivity index (χ0n) is 12.7. The van der Waals surface area contributed by atoms with Gasteiger partial charge in [-0.25, -0.2) is 4.79 Å². The Morgan fingerprint density at radius 3 is 2.64 bits per heavy atom. The minimum absolute atomic E-state index is 0.127. The van der Waals surface area contributed by atoms with Gasteiger partial charge in [0.25, 0.3) is 0 Å². The first-order chi connectivity index (χ1) is 10.6. The normalized spacial score (nSPS) is 17.5. The van der Waals surface area contributed by atoms with Gasteiger partial charge < -0.3 is 14.4 Å². The number of benzene rings is 1. The molecule has 1 aliphatic rings. The molecule has 22 heavy (non-hydrogen) atoms.